The van der Waals surface area contributed by atoms with E-state index in [0.717, 1.165) is 11.6 Å². The third-order valence-electron chi connectivity index (χ3n) is 3.50. The quantitative estimate of drug-likeness (QED) is 0.685. The van der Waals surface area contributed by atoms with E-state index in [0.29, 0.717) is 6.54 Å². The van der Waals surface area contributed by atoms with E-state index in [-0.39, 0.29) is 11.4 Å². The summed E-state index contributed by atoms with van der Waals surface area (Å²) in [4.78, 5) is 12.1. The van der Waals surface area contributed by atoms with Gasteiger partial charge in [0.1, 0.15) is 0 Å². The van der Waals surface area contributed by atoms with Crippen molar-refractivity contribution in [1.82, 2.24) is 20.4 Å². The molecule has 2 aromatic carbocycles. The van der Waals surface area contributed by atoms with E-state index in [1.807, 2.05) is 30.3 Å². The average molecular weight is 361 g/mol. The number of aromatic nitrogens is 3. The molecule has 2 N–H and O–H groups in total. The number of amides is 1. The van der Waals surface area contributed by atoms with Crippen molar-refractivity contribution in [2.75, 3.05) is 5.43 Å². The zero-order chi connectivity index (χ0) is 18.6. The van der Waals surface area contributed by atoms with E-state index in [4.69, 9.17) is 0 Å². The van der Waals surface area contributed by atoms with Crippen LogP contribution < -0.4 is 10.9 Å². The maximum absolute atomic E-state index is 12.9. The van der Waals surface area contributed by atoms with Crippen LogP contribution in [0.25, 0.3) is 0 Å². The molecule has 0 aliphatic rings. The minimum Gasteiger partial charge on any atom is -0.298 e. The first-order valence-electron chi connectivity index (χ1n) is 7.60. The van der Waals surface area contributed by atoms with E-state index >= 15 is 0 Å². The second-order valence-electron chi connectivity index (χ2n) is 5.41. The summed E-state index contributed by atoms with van der Waals surface area (Å²) in [5.41, 5.74) is 4.30. The molecule has 0 aliphatic heterocycles. The first-order chi connectivity index (χ1) is 12.4. The fraction of sp³-hybridized carbons (Fsp3) is 0.118. The monoisotopic (exact) mass is 361 g/mol. The largest absolute Gasteiger partial charge is 0.418 e. The molecule has 9 heteroatoms. The van der Waals surface area contributed by atoms with Crippen LogP contribution in [0.2, 0.25) is 0 Å². The Morgan fingerprint density at radius 1 is 1.04 bits per heavy atom. The molecule has 0 aliphatic carbocycles. The van der Waals surface area contributed by atoms with Gasteiger partial charge in [-0.15, -0.1) is 5.10 Å². The van der Waals surface area contributed by atoms with Crippen LogP contribution in [-0.2, 0) is 12.7 Å². The van der Waals surface area contributed by atoms with E-state index in [1.54, 1.807) is 0 Å². The number of nitrogens with zero attached hydrogens (tertiary/aromatic N) is 3. The SMILES string of the molecule is O=C(NNc1ccccc1C(F)(F)F)c1cn(Cc2ccccc2)nn1. The molecule has 1 amide bonds. The highest BCUT2D eigenvalue weighted by Gasteiger charge is 2.33. The van der Waals surface area contributed by atoms with Gasteiger partial charge in [-0.05, 0) is 17.7 Å². The van der Waals surface area contributed by atoms with Gasteiger partial charge in [0.05, 0.1) is 24.0 Å². The summed E-state index contributed by atoms with van der Waals surface area (Å²) in [6.07, 6.45) is -3.12. The lowest BCUT2D eigenvalue weighted by Crippen LogP contribution is -2.30. The maximum Gasteiger partial charge on any atom is 0.418 e. The number of para-hydroxylation sites is 1. The molecule has 0 fully saturated rings. The molecule has 1 heterocycles. The third kappa shape index (κ3) is 4.18. The summed E-state index contributed by atoms with van der Waals surface area (Å²) in [6, 6.07) is 14.3. The third-order valence-corrected chi connectivity index (χ3v) is 3.50. The molecule has 0 spiro atoms. The predicted molar refractivity (Wildman–Crippen MR) is 88.1 cm³/mol. The van der Waals surface area contributed by atoms with Crippen LogP contribution >= 0.6 is 0 Å². The Morgan fingerprint density at radius 2 is 1.73 bits per heavy atom. The molecular weight excluding hydrogens is 347 g/mol. The molecular formula is C17H14F3N5O. The fourth-order valence-corrected chi connectivity index (χ4v) is 2.28. The van der Waals surface area contributed by atoms with Crippen LogP contribution in [0, 0.1) is 0 Å². The molecule has 0 bridgehead atoms. The number of halogens is 3. The van der Waals surface area contributed by atoms with Crippen LogP contribution in [0.15, 0.2) is 60.8 Å². The summed E-state index contributed by atoms with van der Waals surface area (Å²) in [7, 11) is 0. The molecule has 1 aromatic heterocycles. The number of carbonyl (C=O) groups excluding carboxylic acids is 1. The van der Waals surface area contributed by atoms with Crippen molar-refractivity contribution >= 4 is 11.6 Å². The second-order valence-corrected chi connectivity index (χ2v) is 5.41. The van der Waals surface area contributed by atoms with Gasteiger partial charge in [0.15, 0.2) is 5.69 Å². The molecule has 3 aromatic rings. The van der Waals surface area contributed by atoms with E-state index < -0.39 is 17.6 Å². The summed E-state index contributed by atoms with van der Waals surface area (Å²) >= 11 is 0. The first-order valence-corrected chi connectivity index (χ1v) is 7.60. The Bertz CT molecular complexity index is 893. The van der Waals surface area contributed by atoms with Crippen LogP contribution in [-0.4, -0.2) is 20.9 Å². The lowest BCUT2D eigenvalue weighted by molar-refractivity contribution is -0.137. The molecule has 0 unspecified atom stereocenters. The number of benzene rings is 2. The van der Waals surface area contributed by atoms with Gasteiger partial charge >= 0.3 is 6.18 Å². The van der Waals surface area contributed by atoms with E-state index in [9.17, 15) is 18.0 Å². The Hall–Kier alpha value is -3.36. The van der Waals surface area contributed by atoms with Gasteiger partial charge in [-0.2, -0.15) is 13.2 Å². The van der Waals surface area contributed by atoms with Crippen LogP contribution in [0.4, 0.5) is 18.9 Å². The zero-order valence-electron chi connectivity index (χ0n) is 13.4. The van der Waals surface area contributed by atoms with Gasteiger partial charge in [0, 0.05) is 0 Å². The smallest absolute Gasteiger partial charge is 0.298 e. The predicted octanol–water partition coefficient (Wildman–Crippen LogP) is 3.10. The minimum atomic E-state index is -4.53. The summed E-state index contributed by atoms with van der Waals surface area (Å²) < 4.78 is 40.2. The second kappa shape index (κ2) is 7.26. The van der Waals surface area contributed by atoms with Gasteiger partial charge in [-0.3, -0.25) is 15.6 Å². The first kappa shape index (κ1) is 17.5. The molecule has 134 valence electrons. The number of nitrogens with one attached hydrogen (secondary N) is 2. The van der Waals surface area contributed by atoms with Gasteiger partial charge in [-0.1, -0.05) is 47.7 Å². The summed E-state index contributed by atoms with van der Waals surface area (Å²) in [5.74, 6) is -0.693. The van der Waals surface area contributed by atoms with Crippen LogP contribution in [0.1, 0.15) is 21.6 Å². The number of hydrogen-bond donors (Lipinski definition) is 2. The molecule has 6 nitrogen and oxygen atoms in total. The van der Waals surface area contributed by atoms with E-state index in [2.05, 4.69) is 21.2 Å². The lowest BCUT2D eigenvalue weighted by Gasteiger charge is -2.14. The van der Waals surface area contributed by atoms with Crippen molar-refractivity contribution in [3.05, 3.63) is 77.6 Å². The van der Waals surface area contributed by atoms with Crippen molar-refractivity contribution in [2.45, 2.75) is 12.7 Å². The van der Waals surface area contributed by atoms with Crippen LogP contribution in [0.5, 0.6) is 0 Å². The van der Waals surface area contributed by atoms with Crippen molar-refractivity contribution in [1.29, 1.82) is 0 Å². The van der Waals surface area contributed by atoms with Crippen molar-refractivity contribution in [3.8, 4) is 0 Å². The summed E-state index contributed by atoms with van der Waals surface area (Å²) in [5, 5.41) is 7.58. The van der Waals surface area contributed by atoms with Gasteiger partial charge in [0.2, 0.25) is 0 Å². The Kier molecular flexibility index (Phi) is 4.87. The number of rotatable bonds is 5. The van der Waals surface area contributed by atoms with Gasteiger partial charge < -0.3 is 0 Å². The number of carbonyl (C=O) groups is 1. The number of hydrazine groups is 1. The van der Waals surface area contributed by atoms with Crippen molar-refractivity contribution < 1.29 is 18.0 Å². The Morgan fingerprint density at radius 3 is 2.46 bits per heavy atom. The highest BCUT2D eigenvalue weighted by atomic mass is 19.4. The van der Waals surface area contributed by atoms with Gasteiger partial charge in [0.25, 0.3) is 5.91 Å². The van der Waals surface area contributed by atoms with Gasteiger partial charge in [-0.25, -0.2) is 4.68 Å². The highest BCUT2D eigenvalue weighted by Crippen LogP contribution is 2.34. The molecule has 3 rings (SSSR count). The number of hydrogen-bond acceptors (Lipinski definition) is 4. The van der Waals surface area contributed by atoms with Crippen molar-refractivity contribution in [2.24, 2.45) is 0 Å². The number of alkyl halides is 3. The molecule has 0 radical (unpaired) electrons. The molecule has 26 heavy (non-hydrogen) atoms. The average Bonchev–Trinajstić information content (AvgIpc) is 3.08. The number of anilines is 1. The Labute approximate surface area is 146 Å². The molecule has 0 atom stereocenters. The standard InChI is InChI=1S/C17H14F3N5O/c18-17(19,20)13-8-4-5-9-14(13)21-23-16(26)15-11-25(24-22-15)10-12-6-2-1-3-7-12/h1-9,11,21H,10H2,(H,23,26). The minimum absolute atomic E-state index is 0.0158. The molecule has 0 saturated heterocycles. The van der Waals surface area contributed by atoms with E-state index in [1.165, 1.54) is 29.1 Å². The zero-order valence-corrected chi connectivity index (χ0v) is 13.4. The lowest BCUT2D eigenvalue weighted by atomic mass is 10.2. The summed E-state index contributed by atoms with van der Waals surface area (Å²) in [6.45, 7) is 0.422. The maximum atomic E-state index is 12.9. The topological polar surface area (TPSA) is 71.8 Å². The van der Waals surface area contributed by atoms with Crippen molar-refractivity contribution in [3.63, 3.8) is 0 Å². The normalized spacial score (nSPS) is 11.2. The Balaban J connectivity index is 1.65. The fourth-order valence-electron chi connectivity index (χ4n) is 2.28. The highest BCUT2D eigenvalue weighted by molar-refractivity contribution is 5.92. The molecule has 0 saturated carbocycles. The van der Waals surface area contributed by atoms with Crippen LogP contribution in [0.3, 0.4) is 0 Å².